The van der Waals surface area contributed by atoms with Crippen LogP contribution in [0.1, 0.15) is 19.4 Å². The molecule has 128 valence electrons. The van der Waals surface area contributed by atoms with Gasteiger partial charge in [-0.25, -0.2) is 4.98 Å². The predicted octanol–water partition coefficient (Wildman–Crippen LogP) is 5.92. The highest BCUT2D eigenvalue weighted by atomic mass is 35.5. The number of carbonyl (C=O) groups is 1. The molecular formula is C20H18ClNO2S. The fourth-order valence-corrected chi connectivity index (χ4v) is 3.62. The molecule has 0 N–H and O–H groups in total. The maximum Gasteiger partial charge on any atom is 0.219 e. The third-order valence-electron chi connectivity index (χ3n) is 3.54. The van der Waals surface area contributed by atoms with Crippen LogP contribution in [0, 0.1) is 0 Å². The number of thioether (sulfide) groups is 1. The van der Waals surface area contributed by atoms with Gasteiger partial charge in [0.15, 0.2) is 0 Å². The molecule has 0 aliphatic carbocycles. The normalized spacial score (nSPS) is 11.0. The fraction of sp³-hybridized carbons (Fsp3) is 0.200. The zero-order chi connectivity index (χ0) is 17.8. The number of carbonyl (C=O) groups excluding carboxylic acids is 1. The molecule has 0 saturated heterocycles. The van der Waals surface area contributed by atoms with Crippen LogP contribution in [-0.2, 0) is 11.2 Å². The Kier molecular flexibility index (Phi) is 5.61. The lowest BCUT2D eigenvalue weighted by Crippen LogP contribution is -1.92. The first-order valence-corrected chi connectivity index (χ1v) is 9.28. The van der Waals surface area contributed by atoms with E-state index in [2.05, 4.69) is 18.8 Å². The standard InChI is InChI=1S/C20H18ClNO2S/c1-13(2)25-16-5-7-19(17(21)12-16)24-20-8-4-15-11-14(9-10-23)3-6-18(15)22-20/h3-8,10-13H,9H2,1-2H3. The van der Waals surface area contributed by atoms with Crippen LogP contribution in [0.5, 0.6) is 11.6 Å². The summed E-state index contributed by atoms with van der Waals surface area (Å²) in [6, 6.07) is 15.3. The van der Waals surface area contributed by atoms with Gasteiger partial charge in [-0.05, 0) is 42.0 Å². The number of nitrogens with zero attached hydrogens (tertiary/aromatic N) is 1. The minimum absolute atomic E-state index is 0.407. The molecule has 0 spiro atoms. The second-order valence-corrected chi connectivity index (χ2v) is 7.97. The van der Waals surface area contributed by atoms with Crippen molar-refractivity contribution in [1.82, 2.24) is 4.98 Å². The molecule has 1 heterocycles. The van der Waals surface area contributed by atoms with E-state index in [0.29, 0.717) is 28.3 Å². The van der Waals surface area contributed by atoms with Crippen molar-refractivity contribution < 1.29 is 9.53 Å². The number of aromatic nitrogens is 1. The Hall–Kier alpha value is -2.04. The third kappa shape index (κ3) is 4.53. The average molecular weight is 372 g/mol. The van der Waals surface area contributed by atoms with Gasteiger partial charge >= 0.3 is 0 Å². The zero-order valence-electron chi connectivity index (χ0n) is 14.0. The second-order valence-electron chi connectivity index (χ2n) is 5.91. The van der Waals surface area contributed by atoms with Crippen molar-refractivity contribution in [3.63, 3.8) is 0 Å². The molecule has 1 aromatic heterocycles. The van der Waals surface area contributed by atoms with Gasteiger partial charge in [0.05, 0.1) is 10.5 Å². The monoisotopic (exact) mass is 371 g/mol. The highest BCUT2D eigenvalue weighted by Crippen LogP contribution is 2.34. The van der Waals surface area contributed by atoms with Crippen LogP contribution in [0.2, 0.25) is 5.02 Å². The van der Waals surface area contributed by atoms with Gasteiger partial charge in [0.2, 0.25) is 5.88 Å². The number of rotatable bonds is 6. The Bertz CT molecular complexity index is 911. The summed E-state index contributed by atoms with van der Waals surface area (Å²) in [5.41, 5.74) is 1.79. The Morgan fingerprint density at radius 1 is 1.16 bits per heavy atom. The Morgan fingerprint density at radius 3 is 2.72 bits per heavy atom. The number of fused-ring (bicyclic) bond motifs is 1. The topological polar surface area (TPSA) is 39.2 Å². The van der Waals surface area contributed by atoms with E-state index in [-0.39, 0.29) is 0 Å². The lowest BCUT2D eigenvalue weighted by Gasteiger charge is -2.10. The quantitative estimate of drug-likeness (QED) is 0.398. The van der Waals surface area contributed by atoms with Gasteiger partial charge in [0, 0.05) is 28.0 Å². The van der Waals surface area contributed by atoms with E-state index < -0.39 is 0 Å². The summed E-state index contributed by atoms with van der Waals surface area (Å²) < 4.78 is 5.85. The van der Waals surface area contributed by atoms with Crippen molar-refractivity contribution in [2.75, 3.05) is 0 Å². The van der Waals surface area contributed by atoms with Crippen LogP contribution in [0.4, 0.5) is 0 Å². The number of ether oxygens (including phenoxy) is 1. The van der Waals surface area contributed by atoms with E-state index >= 15 is 0 Å². The van der Waals surface area contributed by atoms with Gasteiger partial charge in [-0.3, -0.25) is 0 Å². The summed E-state index contributed by atoms with van der Waals surface area (Å²) >= 11 is 8.09. The number of aldehydes is 1. The maximum atomic E-state index is 10.6. The molecule has 3 nitrogen and oxygen atoms in total. The van der Waals surface area contributed by atoms with Crippen LogP contribution in [-0.4, -0.2) is 16.5 Å². The zero-order valence-corrected chi connectivity index (χ0v) is 15.6. The van der Waals surface area contributed by atoms with Crippen LogP contribution in [0.15, 0.2) is 53.4 Å². The molecule has 0 unspecified atom stereocenters. The van der Waals surface area contributed by atoms with E-state index in [4.69, 9.17) is 16.3 Å². The molecule has 0 aliphatic rings. The molecule has 5 heteroatoms. The molecule has 0 atom stereocenters. The van der Waals surface area contributed by atoms with E-state index in [1.165, 1.54) is 0 Å². The van der Waals surface area contributed by atoms with Crippen molar-refractivity contribution in [3.8, 4) is 11.6 Å². The van der Waals surface area contributed by atoms with E-state index in [0.717, 1.165) is 27.6 Å². The highest BCUT2D eigenvalue weighted by molar-refractivity contribution is 7.99. The minimum Gasteiger partial charge on any atom is -0.437 e. The second kappa shape index (κ2) is 7.89. The first-order chi connectivity index (χ1) is 12.0. The predicted molar refractivity (Wildman–Crippen MR) is 104 cm³/mol. The number of hydrogen-bond acceptors (Lipinski definition) is 4. The van der Waals surface area contributed by atoms with Crippen LogP contribution in [0.3, 0.4) is 0 Å². The van der Waals surface area contributed by atoms with Crippen molar-refractivity contribution in [3.05, 3.63) is 59.1 Å². The number of hydrogen-bond donors (Lipinski definition) is 0. The van der Waals surface area contributed by atoms with Crippen molar-refractivity contribution >= 4 is 40.6 Å². The van der Waals surface area contributed by atoms with Crippen molar-refractivity contribution in [1.29, 1.82) is 0 Å². The average Bonchev–Trinajstić information content (AvgIpc) is 2.57. The molecule has 2 aromatic carbocycles. The molecular weight excluding hydrogens is 354 g/mol. The molecule has 0 radical (unpaired) electrons. The van der Waals surface area contributed by atoms with E-state index in [1.807, 2.05) is 42.5 Å². The van der Waals surface area contributed by atoms with Gasteiger partial charge < -0.3 is 9.53 Å². The summed E-state index contributed by atoms with van der Waals surface area (Å²) in [6.07, 6.45) is 1.31. The first-order valence-electron chi connectivity index (χ1n) is 8.02. The molecule has 0 bridgehead atoms. The fourth-order valence-electron chi connectivity index (χ4n) is 2.46. The number of benzene rings is 2. The molecule has 25 heavy (non-hydrogen) atoms. The van der Waals surface area contributed by atoms with Gasteiger partial charge in [-0.2, -0.15) is 0 Å². The summed E-state index contributed by atoms with van der Waals surface area (Å²) in [4.78, 5) is 16.3. The smallest absolute Gasteiger partial charge is 0.219 e. The maximum absolute atomic E-state index is 10.6. The summed E-state index contributed by atoms with van der Waals surface area (Å²) in [6.45, 7) is 4.28. The lowest BCUT2D eigenvalue weighted by atomic mass is 10.1. The molecule has 0 amide bonds. The SMILES string of the molecule is CC(C)Sc1ccc(Oc2ccc3cc(CC=O)ccc3n2)c(Cl)c1. The van der Waals surface area contributed by atoms with E-state index in [1.54, 1.807) is 17.8 Å². The number of pyridine rings is 1. The van der Waals surface area contributed by atoms with Crippen molar-refractivity contribution in [2.45, 2.75) is 30.4 Å². The Balaban J connectivity index is 1.82. The minimum atomic E-state index is 0.407. The van der Waals surface area contributed by atoms with Gasteiger partial charge in [-0.1, -0.05) is 31.5 Å². The van der Waals surface area contributed by atoms with Crippen LogP contribution < -0.4 is 4.74 Å². The van der Waals surface area contributed by atoms with Gasteiger partial charge in [-0.15, -0.1) is 11.8 Å². The van der Waals surface area contributed by atoms with Gasteiger partial charge in [0.1, 0.15) is 12.0 Å². The Morgan fingerprint density at radius 2 is 2.00 bits per heavy atom. The van der Waals surface area contributed by atoms with Crippen molar-refractivity contribution in [2.24, 2.45) is 0 Å². The Labute approximate surface area is 156 Å². The van der Waals surface area contributed by atoms with Gasteiger partial charge in [0.25, 0.3) is 0 Å². The summed E-state index contributed by atoms with van der Waals surface area (Å²) in [5.74, 6) is 1.07. The third-order valence-corrected chi connectivity index (χ3v) is 4.83. The molecule has 0 fully saturated rings. The van der Waals surface area contributed by atoms with Crippen LogP contribution >= 0.6 is 23.4 Å². The molecule has 0 aliphatic heterocycles. The largest absolute Gasteiger partial charge is 0.437 e. The van der Waals surface area contributed by atoms with E-state index in [9.17, 15) is 4.79 Å². The van der Waals surface area contributed by atoms with Crippen LogP contribution in [0.25, 0.3) is 10.9 Å². The summed E-state index contributed by atoms with van der Waals surface area (Å²) in [5, 5.41) is 2.03. The molecule has 3 aromatic rings. The summed E-state index contributed by atoms with van der Waals surface area (Å²) in [7, 11) is 0. The highest BCUT2D eigenvalue weighted by Gasteiger charge is 2.08. The molecule has 3 rings (SSSR count). The number of halogens is 1. The lowest BCUT2D eigenvalue weighted by molar-refractivity contribution is -0.107. The first kappa shape index (κ1) is 17.8. The molecule has 0 saturated carbocycles.